The van der Waals surface area contributed by atoms with Gasteiger partial charge in [0.05, 0.1) is 13.0 Å². The van der Waals surface area contributed by atoms with E-state index < -0.39 is 11.9 Å². The lowest BCUT2D eigenvalue weighted by Gasteiger charge is -2.12. The van der Waals surface area contributed by atoms with Crippen molar-refractivity contribution in [1.82, 2.24) is 0 Å². The summed E-state index contributed by atoms with van der Waals surface area (Å²) in [6.45, 7) is 0. The highest BCUT2D eigenvalue weighted by atomic mass is 16.5. The van der Waals surface area contributed by atoms with Crippen molar-refractivity contribution in [3.63, 3.8) is 0 Å². The van der Waals surface area contributed by atoms with E-state index in [1.54, 1.807) is 7.11 Å². The number of aliphatic carboxylic acids is 1. The number of hydrogen-bond acceptors (Lipinski definition) is 2. The molecule has 0 radical (unpaired) electrons. The van der Waals surface area contributed by atoms with Gasteiger partial charge in [-0.2, -0.15) is 0 Å². The Hall–Kier alpha value is -2.29. The standard InChI is InChI=1S/C18H20O3/c1-21-16-12-10-14(11-13-16)6-5-9-17(18(19)20)15-7-3-2-4-8-15/h2-4,7-8,10-13,17H,5-6,9H2,1H3,(H,19,20). The Morgan fingerprint density at radius 1 is 1.10 bits per heavy atom. The molecule has 0 spiro atoms. The van der Waals surface area contributed by atoms with E-state index in [0.717, 1.165) is 24.2 Å². The number of aryl methyl sites for hydroxylation is 1. The quantitative estimate of drug-likeness (QED) is 0.839. The summed E-state index contributed by atoms with van der Waals surface area (Å²) >= 11 is 0. The maximum absolute atomic E-state index is 11.4. The number of rotatable bonds is 7. The fourth-order valence-corrected chi connectivity index (χ4v) is 2.42. The fraction of sp³-hybridized carbons (Fsp3) is 0.278. The van der Waals surface area contributed by atoms with Gasteiger partial charge in [-0.25, -0.2) is 0 Å². The summed E-state index contributed by atoms with van der Waals surface area (Å²) in [6.07, 6.45) is 2.37. The van der Waals surface area contributed by atoms with Gasteiger partial charge in [0.2, 0.25) is 0 Å². The fourth-order valence-electron chi connectivity index (χ4n) is 2.42. The molecule has 0 heterocycles. The summed E-state index contributed by atoms with van der Waals surface area (Å²) in [4.78, 5) is 11.4. The summed E-state index contributed by atoms with van der Waals surface area (Å²) in [6, 6.07) is 17.3. The van der Waals surface area contributed by atoms with E-state index >= 15 is 0 Å². The first kappa shape index (κ1) is 15.1. The lowest BCUT2D eigenvalue weighted by Crippen LogP contribution is -2.11. The number of hydrogen-bond donors (Lipinski definition) is 1. The van der Waals surface area contributed by atoms with Gasteiger partial charge in [0.15, 0.2) is 0 Å². The van der Waals surface area contributed by atoms with Gasteiger partial charge in [0, 0.05) is 0 Å². The number of carboxylic acid groups (broad SMARTS) is 1. The highest BCUT2D eigenvalue weighted by Gasteiger charge is 2.18. The Morgan fingerprint density at radius 3 is 2.33 bits per heavy atom. The molecule has 110 valence electrons. The Bertz CT molecular complexity index is 561. The molecule has 0 amide bonds. The van der Waals surface area contributed by atoms with Gasteiger partial charge in [0.1, 0.15) is 5.75 Å². The van der Waals surface area contributed by atoms with Gasteiger partial charge in [-0.3, -0.25) is 4.79 Å². The molecule has 21 heavy (non-hydrogen) atoms. The molecule has 1 atom stereocenters. The lowest BCUT2D eigenvalue weighted by molar-refractivity contribution is -0.139. The topological polar surface area (TPSA) is 46.5 Å². The molecule has 1 unspecified atom stereocenters. The van der Waals surface area contributed by atoms with Gasteiger partial charge in [-0.05, 0) is 42.5 Å². The number of ether oxygens (including phenoxy) is 1. The highest BCUT2D eigenvalue weighted by molar-refractivity contribution is 5.75. The van der Waals surface area contributed by atoms with E-state index in [-0.39, 0.29) is 0 Å². The monoisotopic (exact) mass is 284 g/mol. The Balaban J connectivity index is 1.92. The minimum atomic E-state index is -0.754. The van der Waals surface area contributed by atoms with Crippen LogP contribution in [0, 0.1) is 0 Å². The SMILES string of the molecule is COc1ccc(CCCC(C(=O)O)c2ccccc2)cc1. The summed E-state index contributed by atoms with van der Waals surface area (Å²) in [7, 11) is 1.65. The predicted molar refractivity (Wildman–Crippen MR) is 82.8 cm³/mol. The molecule has 2 aromatic rings. The largest absolute Gasteiger partial charge is 0.497 e. The number of carboxylic acids is 1. The van der Waals surface area contributed by atoms with E-state index in [1.165, 1.54) is 5.56 Å². The van der Waals surface area contributed by atoms with E-state index in [0.29, 0.717) is 6.42 Å². The molecule has 0 saturated carbocycles. The zero-order chi connectivity index (χ0) is 15.1. The summed E-state index contributed by atoms with van der Waals surface area (Å²) in [5, 5.41) is 9.38. The smallest absolute Gasteiger partial charge is 0.310 e. The van der Waals surface area contributed by atoms with Crippen molar-refractivity contribution in [2.45, 2.75) is 25.2 Å². The van der Waals surface area contributed by atoms with E-state index in [4.69, 9.17) is 4.74 Å². The first-order valence-corrected chi connectivity index (χ1v) is 7.11. The molecular formula is C18H20O3. The van der Waals surface area contributed by atoms with E-state index in [1.807, 2.05) is 54.6 Å². The third-order valence-corrected chi connectivity index (χ3v) is 3.62. The van der Waals surface area contributed by atoms with Crippen molar-refractivity contribution in [2.24, 2.45) is 0 Å². The van der Waals surface area contributed by atoms with Gasteiger partial charge in [-0.15, -0.1) is 0 Å². The summed E-state index contributed by atoms with van der Waals surface area (Å²) in [5.74, 6) is -0.341. The highest BCUT2D eigenvalue weighted by Crippen LogP contribution is 2.23. The number of carbonyl (C=O) groups is 1. The first-order valence-electron chi connectivity index (χ1n) is 7.11. The molecule has 0 aromatic heterocycles. The normalized spacial score (nSPS) is 11.9. The summed E-state index contributed by atoms with van der Waals surface area (Å²) in [5.41, 5.74) is 2.08. The van der Waals surface area contributed by atoms with Crippen molar-refractivity contribution in [1.29, 1.82) is 0 Å². The molecular weight excluding hydrogens is 264 g/mol. The maximum Gasteiger partial charge on any atom is 0.310 e. The van der Waals surface area contributed by atoms with Crippen LogP contribution in [0.3, 0.4) is 0 Å². The molecule has 0 saturated heterocycles. The van der Waals surface area contributed by atoms with Crippen LogP contribution in [-0.2, 0) is 11.2 Å². The van der Waals surface area contributed by atoms with Crippen LogP contribution < -0.4 is 4.74 Å². The zero-order valence-corrected chi connectivity index (χ0v) is 12.2. The second-order valence-corrected chi connectivity index (χ2v) is 5.04. The minimum absolute atomic E-state index is 0.426. The van der Waals surface area contributed by atoms with Crippen LogP contribution in [0.1, 0.15) is 29.9 Å². The zero-order valence-electron chi connectivity index (χ0n) is 12.2. The van der Waals surface area contributed by atoms with E-state index in [2.05, 4.69) is 0 Å². The number of methoxy groups -OCH3 is 1. The second-order valence-electron chi connectivity index (χ2n) is 5.04. The molecule has 3 heteroatoms. The number of benzene rings is 2. The van der Waals surface area contributed by atoms with Crippen molar-refractivity contribution in [3.05, 3.63) is 65.7 Å². The lowest BCUT2D eigenvalue weighted by atomic mass is 9.93. The van der Waals surface area contributed by atoms with Crippen molar-refractivity contribution in [3.8, 4) is 5.75 Å². The first-order chi connectivity index (χ1) is 10.2. The maximum atomic E-state index is 11.4. The molecule has 3 nitrogen and oxygen atoms in total. The van der Waals surface area contributed by atoms with Crippen LogP contribution in [-0.4, -0.2) is 18.2 Å². The van der Waals surface area contributed by atoms with Crippen molar-refractivity contribution < 1.29 is 14.6 Å². The van der Waals surface area contributed by atoms with Gasteiger partial charge >= 0.3 is 5.97 Å². The molecule has 0 fully saturated rings. The Kier molecular flexibility index (Phi) is 5.38. The van der Waals surface area contributed by atoms with Crippen LogP contribution in [0.25, 0.3) is 0 Å². The minimum Gasteiger partial charge on any atom is -0.497 e. The van der Waals surface area contributed by atoms with Gasteiger partial charge < -0.3 is 9.84 Å². The molecule has 2 rings (SSSR count). The average molecular weight is 284 g/mol. The van der Waals surface area contributed by atoms with Crippen LogP contribution in [0.15, 0.2) is 54.6 Å². The van der Waals surface area contributed by atoms with Crippen LogP contribution in [0.4, 0.5) is 0 Å². The molecule has 0 aliphatic rings. The Morgan fingerprint density at radius 2 is 1.76 bits per heavy atom. The molecule has 2 aromatic carbocycles. The van der Waals surface area contributed by atoms with Crippen LogP contribution in [0.5, 0.6) is 5.75 Å². The van der Waals surface area contributed by atoms with Crippen LogP contribution >= 0.6 is 0 Å². The average Bonchev–Trinajstić information content (AvgIpc) is 2.52. The molecule has 0 aliphatic carbocycles. The van der Waals surface area contributed by atoms with Crippen molar-refractivity contribution >= 4 is 5.97 Å². The van der Waals surface area contributed by atoms with Gasteiger partial charge in [0.25, 0.3) is 0 Å². The molecule has 1 N–H and O–H groups in total. The van der Waals surface area contributed by atoms with Crippen molar-refractivity contribution in [2.75, 3.05) is 7.11 Å². The van der Waals surface area contributed by atoms with Gasteiger partial charge in [-0.1, -0.05) is 42.5 Å². The Labute approximate surface area is 125 Å². The summed E-state index contributed by atoms with van der Waals surface area (Å²) < 4.78 is 5.12. The molecule has 0 aliphatic heterocycles. The van der Waals surface area contributed by atoms with E-state index in [9.17, 15) is 9.90 Å². The third-order valence-electron chi connectivity index (χ3n) is 3.62. The van der Waals surface area contributed by atoms with Crippen LogP contribution in [0.2, 0.25) is 0 Å². The molecule has 0 bridgehead atoms. The third kappa shape index (κ3) is 4.35. The second kappa shape index (κ2) is 7.48. The predicted octanol–water partition coefficient (Wildman–Crippen LogP) is 3.89.